The molecule has 0 saturated heterocycles. The number of phenols is 1. The summed E-state index contributed by atoms with van der Waals surface area (Å²) in [5.74, 6) is -1.26. The molecule has 1 heterocycles. The van der Waals surface area contributed by atoms with Crippen LogP contribution in [0.1, 0.15) is 16.1 Å². The second-order valence-corrected chi connectivity index (χ2v) is 3.80. The van der Waals surface area contributed by atoms with Gasteiger partial charge < -0.3 is 15.9 Å². The second kappa shape index (κ2) is 4.33. The molecule has 6 nitrogen and oxygen atoms in total. The maximum atomic E-state index is 10.9. The van der Waals surface area contributed by atoms with E-state index in [9.17, 15) is 9.90 Å². The van der Waals surface area contributed by atoms with Crippen molar-refractivity contribution >= 4 is 11.8 Å². The van der Waals surface area contributed by atoms with Crippen molar-refractivity contribution < 1.29 is 15.0 Å². The molecule has 1 aromatic heterocycles. The van der Waals surface area contributed by atoms with Gasteiger partial charge in [0.2, 0.25) is 0 Å². The number of anilines is 1. The smallest absolute Gasteiger partial charge is 0.358 e. The molecule has 0 unspecified atom stereocenters. The number of aromatic carboxylic acids is 1. The van der Waals surface area contributed by atoms with Gasteiger partial charge in [0.25, 0.3) is 0 Å². The quantitative estimate of drug-likeness (QED) is 0.738. The lowest BCUT2D eigenvalue weighted by Gasteiger charge is -2.05. The van der Waals surface area contributed by atoms with E-state index in [4.69, 9.17) is 10.8 Å². The number of benzene rings is 1. The number of hydrogen-bond acceptors (Lipinski definition) is 5. The maximum absolute atomic E-state index is 10.9. The van der Waals surface area contributed by atoms with Gasteiger partial charge in [-0.2, -0.15) is 0 Å². The van der Waals surface area contributed by atoms with E-state index in [-0.39, 0.29) is 17.3 Å². The van der Waals surface area contributed by atoms with Gasteiger partial charge in [0.15, 0.2) is 11.5 Å². The summed E-state index contributed by atoms with van der Waals surface area (Å²) in [4.78, 5) is 18.6. The molecule has 2 rings (SSSR count). The van der Waals surface area contributed by atoms with Gasteiger partial charge in [-0.15, -0.1) is 0 Å². The molecule has 0 radical (unpaired) electrons. The highest BCUT2D eigenvalue weighted by atomic mass is 16.4. The van der Waals surface area contributed by atoms with E-state index in [1.165, 1.54) is 12.3 Å². The zero-order valence-corrected chi connectivity index (χ0v) is 9.58. The molecule has 0 amide bonds. The van der Waals surface area contributed by atoms with E-state index >= 15 is 0 Å². The Morgan fingerprint density at radius 3 is 2.72 bits per heavy atom. The minimum absolute atomic E-state index is 0.114. The molecule has 0 aliphatic rings. The predicted octanol–water partition coefficient (Wildman–Crippen LogP) is 1.44. The first kappa shape index (κ1) is 11.8. The van der Waals surface area contributed by atoms with Crippen molar-refractivity contribution in [2.45, 2.75) is 6.92 Å². The number of hydrogen-bond donors (Lipinski definition) is 3. The van der Waals surface area contributed by atoms with E-state index in [0.29, 0.717) is 11.3 Å². The SMILES string of the molecule is Cc1ccc(-c2cnc(N)c(C(=O)O)n2)cc1O. The molecule has 0 aliphatic carbocycles. The summed E-state index contributed by atoms with van der Waals surface area (Å²) in [6.07, 6.45) is 1.37. The molecule has 0 spiro atoms. The third-order valence-corrected chi connectivity index (χ3v) is 2.51. The molecule has 0 fully saturated rings. The highest BCUT2D eigenvalue weighted by molar-refractivity contribution is 5.90. The Morgan fingerprint density at radius 1 is 1.39 bits per heavy atom. The van der Waals surface area contributed by atoms with Gasteiger partial charge in [-0.05, 0) is 18.6 Å². The Labute approximate surface area is 103 Å². The largest absolute Gasteiger partial charge is 0.508 e. The van der Waals surface area contributed by atoms with Crippen LogP contribution in [0.3, 0.4) is 0 Å². The van der Waals surface area contributed by atoms with Crippen LogP contribution in [0.2, 0.25) is 0 Å². The molecule has 0 atom stereocenters. The van der Waals surface area contributed by atoms with Crippen LogP contribution in [-0.2, 0) is 0 Å². The van der Waals surface area contributed by atoms with Crippen LogP contribution in [-0.4, -0.2) is 26.2 Å². The van der Waals surface area contributed by atoms with Crippen molar-refractivity contribution in [3.63, 3.8) is 0 Å². The lowest BCUT2D eigenvalue weighted by atomic mass is 10.1. The maximum Gasteiger partial charge on any atom is 0.358 e. The summed E-state index contributed by atoms with van der Waals surface area (Å²) in [5, 5.41) is 18.5. The second-order valence-electron chi connectivity index (χ2n) is 3.80. The van der Waals surface area contributed by atoms with Crippen LogP contribution in [0.5, 0.6) is 5.75 Å². The Balaban J connectivity index is 2.54. The van der Waals surface area contributed by atoms with Crippen molar-refractivity contribution in [2.24, 2.45) is 0 Å². The summed E-state index contributed by atoms with van der Waals surface area (Å²) in [6.45, 7) is 1.76. The van der Waals surface area contributed by atoms with E-state index in [0.717, 1.165) is 5.56 Å². The van der Waals surface area contributed by atoms with Crippen LogP contribution in [0, 0.1) is 6.92 Å². The van der Waals surface area contributed by atoms with E-state index < -0.39 is 5.97 Å². The highest BCUT2D eigenvalue weighted by Crippen LogP contribution is 2.25. The normalized spacial score (nSPS) is 10.3. The number of aromatic nitrogens is 2. The summed E-state index contributed by atoms with van der Waals surface area (Å²) >= 11 is 0. The topological polar surface area (TPSA) is 109 Å². The first-order valence-electron chi connectivity index (χ1n) is 5.15. The molecular weight excluding hydrogens is 234 g/mol. The molecule has 18 heavy (non-hydrogen) atoms. The summed E-state index contributed by atoms with van der Waals surface area (Å²) in [7, 11) is 0. The zero-order valence-electron chi connectivity index (χ0n) is 9.58. The number of rotatable bonds is 2. The fraction of sp³-hybridized carbons (Fsp3) is 0.0833. The number of carboxylic acid groups (broad SMARTS) is 1. The minimum Gasteiger partial charge on any atom is -0.508 e. The summed E-state index contributed by atoms with van der Waals surface area (Å²) in [6, 6.07) is 4.94. The van der Waals surface area contributed by atoms with Crippen molar-refractivity contribution in [3.8, 4) is 17.0 Å². The van der Waals surface area contributed by atoms with Crippen molar-refractivity contribution in [1.82, 2.24) is 9.97 Å². The standard InChI is InChI=1S/C12H11N3O3/c1-6-2-3-7(4-9(6)16)8-5-14-11(13)10(15-8)12(17)18/h2-5,16H,1H3,(H2,13,14)(H,17,18). The van der Waals surface area contributed by atoms with Crippen LogP contribution >= 0.6 is 0 Å². The van der Waals surface area contributed by atoms with Crippen LogP contribution in [0.15, 0.2) is 24.4 Å². The highest BCUT2D eigenvalue weighted by Gasteiger charge is 2.13. The van der Waals surface area contributed by atoms with E-state index in [1.807, 2.05) is 0 Å². The molecule has 4 N–H and O–H groups in total. The number of nitrogens with zero attached hydrogens (tertiary/aromatic N) is 2. The number of carbonyl (C=O) groups is 1. The molecule has 0 saturated carbocycles. The Hall–Kier alpha value is -2.63. The third-order valence-electron chi connectivity index (χ3n) is 2.51. The Morgan fingerprint density at radius 2 is 2.11 bits per heavy atom. The van der Waals surface area contributed by atoms with Crippen molar-refractivity contribution in [2.75, 3.05) is 5.73 Å². The van der Waals surface area contributed by atoms with Gasteiger partial charge in [0, 0.05) is 5.56 Å². The molecule has 2 aromatic rings. The number of phenolic OH excluding ortho intramolecular Hbond substituents is 1. The molecule has 0 aliphatic heterocycles. The third kappa shape index (κ3) is 2.08. The number of nitrogens with two attached hydrogens (primary N) is 1. The fourth-order valence-electron chi connectivity index (χ4n) is 1.46. The number of carboxylic acids is 1. The van der Waals surface area contributed by atoms with Gasteiger partial charge in [0.1, 0.15) is 5.75 Å². The molecular formula is C12H11N3O3. The first-order chi connectivity index (χ1) is 8.49. The summed E-state index contributed by atoms with van der Waals surface area (Å²) < 4.78 is 0. The number of aromatic hydroxyl groups is 1. The molecule has 6 heteroatoms. The van der Waals surface area contributed by atoms with Gasteiger partial charge in [-0.25, -0.2) is 14.8 Å². The van der Waals surface area contributed by atoms with Crippen molar-refractivity contribution in [3.05, 3.63) is 35.7 Å². The van der Waals surface area contributed by atoms with Crippen LogP contribution in [0.4, 0.5) is 5.82 Å². The number of aryl methyl sites for hydroxylation is 1. The van der Waals surface area contributed by atoms with E-state index in [1.54, 1.807) is 19.1 Å². The first-order valence-corrected chi connectivity index (χ1v) is 5.15. The van der Waals surface area contributed by atoms with Crippen molar-refractivity contribution in [1.29, 1.82) is 0 Å². The Bertz CT molecular complexity index is 626. The Kier molecular flexibility index (Phi) is 2.85. The van der Waals surface area contributed by atoms with Gasteiger partial charge >= 0.3 is 5.97 Å². The number of nitrogen functional groups attached to an aromatic ring is 1. The average Bonchev–Trinajstić information content (AvgIpc) is 2.33. The molecule has 92 valence electrons. The zero-order chi connectivity index (χ0) is 13.3. The average molecular weight is 245 g/mol. The molecule has 1 aromatic carbocycles. The lowest BCUT2D eigenvalue weighted by molar-refractivity contribution is 0.0691. The summed E-state index contributed by atoms with van der Waals surface area (Å²) in [5.41, 5.74) is 6.76. The monoisotopic (exact) mass is 245 g/mol. The van der Waals surface area contributed by atoms with Crippen LogP contribution in [0.25, 0.3) is 11.3 Å². The van der Waals surface area contributed by atoms with Gasteiger partial charge in [0.05, 0.1) is 11.9 Å². The van der Waals surface area contributed by atoms with Gasteiger partial charge in [-0.1, -0.05) is 12.1 Å². The van der Waals surface area contributed by atoms with Gasteiger partial charge in [-0.3, -0.25) is 0 Å². The van der Waals surface area contributed by atoms with E-state index in [2.05, 4.69) is 9.97 Å². The predicted molar refractivity (Wildman–Crippen MR) is 65.2 cm³/mol. The minimum atomic E-state index is -1.24. The lowest BCUT2D eigenvalue weighted by Crippen LogP contribution is -2.08. The van der Waals surface area contributed by atoms with Crippen LogP contribution < -0.4 is 5.73 Å². The fourth-order valence-corrected chi connectivity index (χ4v) is 1.46. The molecule has 0 bridgehead atoms.